The molecule has 3 aromatic carbocycles. The van der Waals surface area contributed by atoms with Crippen LogP contribution in [0.1, 0.15) is 169 Å². The molecule has 0 atom stereocenters. The Labute approximate surface area is 300 Å². The number of carbonyl (C=O) groups is 2. The Bertz CT molecular complexity index is 1690. The van der Waals surface area contributed by atoms with E-state index in [1.807, 2.05) is 109 Å². The summed E-state index contributed by atoms with van der Waals surface area (Å²) in [7, 11) is 0. The summed E-state index contributed by atoms with van der Waals surface area (Å²) in [5.41, 5.74) is 5.70. The van der Waals surface area contributed by atoms with Crippen LogP contribution >= 0.6 is 11.8 Å². The highest BCUT2D eigenvalue weighted by Crippen LogP contribution is 2.43. The number of rotatable bonds is 5. The van der Waals surface area contributed by atoms with E-state index in [0.29, 0.717) is 33.8 Å². The predicted octanol–water partition coefficient (Wildman–Crippen LogP) is 11.5. The molecule has 3 aromatic rings. The first-order valence-corrected chi connectivity index (χ1v) is 18.2. The minimum Gasteiger partial charge on any atom is -0.507 e. The van der Waals surface area contributed by atoms with Crippen LogP contribution in [0.25, 0.3) is 0 Å². The summed E-state index contributed by atoms with van der Waals surface area (Å²) >= 11 is 1.21. The topological polar surface area (TPSA) is 83.8 Å². The highest BCUT2D eigenvalue weighted by Gasteiger charge is 2.31. The van der Waals surface area contributed by atoms with Gasteiger partial charge >= 0.3 is 5.97 Å². The number of hydrogen-bond donors (Lipinski definition) is 2. The monoisotopic (exact) mass is 688 g/mol. The van der Waals surface area contributed by atoms with E-state index in [1.54, 1.807) is 12.1 Å². The molecule has 0 saturated carbocycles. The molecular weight excluding hydrogens is 629 g/mol. The van der Waals surface area contributed by atoms with Crippen LogP contribution in [0, 0.1) is 13.8 Å². The van der Waals surface area contributed by atoms with Gasteiger partial charge in [-0.15, -0.1) is 0 Å². The van der Waals surface area contributed by atoms with Crippen LogP contribution < -0.4 is 4.74 Å². The lowest BCUT2D eigenvalue weighted by atomic mass is 9.78. The molecule has 0 heterocycles. The number of ether oxygens (including phenoxy) is 1. The number of esters is 1. The van der Waals surface area contributed by atoms with Crippen molar-refractivity contribution in [3.63, 3.8) is 0 Å². The Morgan fingerprint density at radius 2 is 0.918 bits per heavy atom. The molecule has 2 N–H and O–H groups in total. The number of phenols is 2. The first kappa shape index (κ1) is 40.2. The van der Waals surface area contributed by atoms with Crippen LogP contribution in [0.2, 0.25) is 0 Å². The third kappa shape index (κ3) is 8.92. The van der Waals surface area contributed by atoms with Crippen LogP contribution in [0.3, 0.4) is 0 Å². The van der Waals surface area contributed by atoms with Crippen molar-refractivity contribution in [2.45, 2.75) is 151 Å². The highest BCUT2D eigenvalue weighted by atomic mass is 32.2. The number of phenolic OH excluding ortho intramolecular Hbond substituents is 2. The normalized spacial score (nSPS) is 13.1. The van der Waals surface area contributed by atoms with Crippen LogP contribution in [-0.2, 0) is 32.8 Å². The number of aryl methyl sites for hydroxylation is 1. The van der Waals surface area contributed by atoms with Crippen LogP contribution in [0.15, 0.2) is 30.3 Å². The summed E-state index contributed by atoms with van der Waals surface area (Å²) in [4.78, 5) is 27.8. The summed E-state index contributed by atoms with van der Waals surface area (Å²) in [5, 5.41) is 22.3. The maximum absolute atomic E-state index is 14.0. The first-order valence-electron chi connectivity index (χ1n) is 17.2. The van der Waals surface area contributed by atoms with Gasteiger partial charge in [0.15, 0.2) is 0 Å². The molecule has 0 bridgehead atoms. The van der Waals surface area contributed by atoms with Gasteiger partial charge in [0.1, 0.15) is 17.2 Å². The standard InChI is InChI=1S/C43H60O5S/c1-24-18-33(43(15,16)17)36(48-37(46)26-19-29(39(3,4)5)34(44)30(20-26)40(6,7)8)25(2)28(24)23-49-38(47)27-21-31(41(9,10)11)35(45)32(22-27)42(12,13)14/h18-22,44-45H,23H2,1-17H3. The molecule has 0 aliphatic rings. The SMILES string of the molecule is Cc1cc(C(C)(C)C)c(OC(=O)c2cc(C(C)(C)C)c(O)c(C(C)(C)C)c2)c(C)c1CSC(=O)c1cc(C(C)(C)C)c(O)c(C(C)(C)C)c1. The lowest BCUT2D eigenvalue weighted by Gasteiger charge is -2.29. The Kier molecular flexibility index (Phi) is 11.0. The van der Waals surface area contributed by atoms with Gasteiger partial charge in [-0.2, -0.15) is 0 Å². The lowest BCUT2D eigenvalue weighted by Crippen LogP contribution is -2.21. The summed E-state index contributed by atoms with van der Waals surface area (Å²) in [6, 6.07) is 9.22. The van der Waals surface area contributed by atoms with E-state index in [4.69, 9.17) is 4.74 Å². The molecule has 0 radical (unpaired) electrons. The molecular formula is C43H60O5S. The average molecular weight is 689 g/mol. The molecule has 268 valence electrons. The fourth-order valence-corrected chi connectivity index (χ4v) is 7.08. The van der Waals surface area contributed by atoms with Crippen molar-refractivity contribution in [3.05, 3.63) is 86.0 Å². The number of benzene rings is 3. The van der Waals surface area contributed by atoms with Crippen LogP contribution in [0.5, 0.6) is 17.2 Å². The number of aromatic hydroxyl groups is 2. The molecule has 49 heavy (non-hydrogen) atoms. The van der Waals surface area contributed by atoms with E-state index < -0.39 is 16.8 Å². The molecule has 0 aliphatic heterocycles. The van der Waals surface area contributed by atoms with Crippen molar-refractivity contribution in [3.8, 4) is 17.2 Å². The molecule has 0 saturated heterocycles. The molecule has 6 heteroatoms. The minimum absolute atomic E-state index is 0.0817. The summed E-state index contributed by atoms with van der Waals surface area (Å²) in [6.07, 6.45) is 0. The quantitative estimate of drug-likeness (QED) is 0.205. The third-order valence-corrected chi connectivity index (χ3v) is 10.1. The van der Waals surface area contributed by atoms with Gasteiger partial charge in [0.2, 0.25) is 5.12 Å². The molecule has 0 spiro atoms. The second kappa shape index (κ2) is 13.5. The fourth-order valence-electron chi connectivity index (χ4n) is 6.08. The molecule has 0 fully saturated rings. The van der Waals surface area contributed by atoms with E-state index in [-0.39, 0.29) is 32.9 Å². The molecule has 0 amide bonds. The maximum Gasteiger partial charge on any atom is 0.343 e. The van der Waals surface area contributed by atoms with Crippen molar-refractivity contribution >= 4 is 22.8 Å². The first-order chi connectivity index (χ1) is 22.0. The van der Waals surface area contributed by atoms with Gasteiger partial charge in [-0.1, -0.05) is 122 Å². The van der Waals surface area contributed by atoms with Crippen molar-refractivity contribution in [1.29, 1.82) is 0 Å². The van der Waals surface area contributed by atoms with Gasteiger partial charge < -0.3 is 14.9 Å². The maximum atomic E-state index is 14.0. The smallest absolute Gasteiger partial charge is 0.343 e. The second-order valence-corrected chi connectivity index (χ2v) is 19.7. The minimum atomic E-state index is -0.489. The molecule has 3 rings (SSSR count). The summed E-state index contributed by atoms with van der Waals surface area (Å²) in [5.74, 6) is 0.861. The molecule has 0 aromatic heterocycles. The average Bonchev–Trinajstić information content (AvgIpc) is 2.91. The predicted molar refractivity (Wildman–Crippen MR) is 206 cm³/mol. The largest absolute Gasteiger partial charge is 0.507 e. The van der Waals surface area contributed by atoms with Gasteiger partial charge in [-0.25, -0.2) is 4.79 Å². The number of thioether (sulfide) groups is 1. The highest BCUT2D eigenvalue weighted by molar-refractivity contribution is 8.13. The van der Waals surface area contributed by atoms with E-state index in [0.717, 1.165) is 33.4 Å². The van der Waals surface area contributed by atoms with E-state index in [9.17, 15) is 19.8 Å². The van der Waals surface area contributed by atoms with Gasteiger partial charge in [0, 0.05) is 39.1 Å². The number of carbonyl (C=O) groups excluding carboxylic acids is 2. The molecule has 0 aliphatic carbocycles. The van der Waals surface area contributed by atoms with Crippen LogP contribution in [-0.4, -0.2) is 21.3 Å². The van der Waals surface area contributed by atoms with Gasteiger partial charge in [0.05, 0.1) is 5.56 Å². The summed E-state index contributed by atoms with van der Waals surface area (Å²) in [6.45, 7) is 34.6. The van der Waals surface area contributed by atoms with Crippen molar-refractivity contribution in [1.82, 2.24) is 0 Å². The van der Waals surface area contributed by atoms with Crippen molar-refractivity contribution in [2.75, 3.05) is 0 Å². The zero-order valence-corrected chi connectivity index (χ0v) is 33.9. The molecule has 5 nitrogen and oxygen atoms in total. The third-order valence-electron chi connectivity index (χ3n) is 9.15. The second-order valence-electron chi connectivity index (χ2n) is 18.7. The summed E-state index contributed by atoms with van der Waals surface area (Å²) < 4.78 is 6.33. The Morgan fingerprint density at radius 3 is 1.27 bits per heavy atom. The Balaban J connectivity index is 2.11. The Hall–Kier alpha value is -3.25. The van der Waals surface area contributed by atoms with E-state index in [2.05, 4.69) is 26.8 Å². The lowest BCUT2D eigenvalue weighted by molar-refractivity contribution is 0.0729. The van der Waals surface area contributed by atoms with Crippen molar-refractivity contribution < 1.29 is 24.5 Å². The van der Waals surface area contributed by atoms with Gasteiger partial charge in [-0.05, 0) is 81.9 Å². The van der Waals surface area contributed by atoms with Crippen molar-refractivity contribution in [2.24, 2.45) is 0 Å². The van der Waals surface area contributed by atoms with Crippen LogP contribution in [0.4, 0.5) is 0 Å². The molecule has 0 unspecified atom stereocenters. The van der Waals surface area contributed by atoms with Gasteiger partial charge in [-0.3, -0.25) is 4.79 Å². The fraction of sp³-hybridized carbons (Fsp3) is 0.535. The van der Waals surface area contributed by atoms with Gasteiger partial charge in [0.25, 0.3) is 0 Å². The zero-order chi connectivity index (χ0) is 37.8. The van der Waals surface area contributed by atoms with E-state index >= 15 is 0 Å². The number of hydrogen-bond acceptors (Lipinski definition) is 6. The Morgan fingerprint density at radius 1 is 0.571 bits per heavy atom. The van der Waals surface area contributed by atoms with E-state index in [1.165, 1.54) is 11.8 Å². The zero-order valence-electron chi connectivity index (χ0n) is 33.1.